The lowest BCUT2D eigenvalue weighted by Crippen LogP contribution is -2.43. The summed E-state index contributed by atoms with van der Waals surface area (Å²) in [5.74, 6) is 0.0445. The zero-order valence-electron chi connectivity index (χ0n) is 17.0. The van der Waals surface area contributed by atoms with Crippen molar-refractivity contribution in [3.63, 3.8) is 0 Å². The van der Waals surface area contributed by atoms with E-state index in [-0.39, 0.29) is 11.9 Å². The Hall–Kier alpha value is -2.28. The molecule has 4 rings (SSSR count). The van der Waals surface area contributed by atoms with E-state index in [1.54, 1.807) is 11.3 Å². The summed E-state index contributed by atoms with van der Waals surface area (Å²) in [6.07, 6.45) is 0.357. The molecule has 5 nitrogen and oxygen atoms in total. The average Bonchev–Trinajstić information content (AvgIpc) is 3.27. The van der Waals surface area contributed by atoms with E-state index >= 15 is 0 Å². The lowest BCUT2D eigenvalue weighted by molar-refractivity contribution is -0.120. The first kappa shape index (κ1) is 20.0. The Kier molecular flexibility index (Phi) is 6.23. The SMILES string of the molecule is Cc1nc2ccccc2c(C)c1CC(=O)NC[C@@H](c1cccs1)N1CCOCC1. The van der Waals surface area contributed by atoms with Crippen molar-refractivity contribution in [1.29, 1.82) is 0 Å². The molecular weight excluding hydrogens is 382 g/mol. The van der Waals surface area contributed by atoms with Crippen molar-refractivity contribution in [1.82, 2.24) is 15.2 Å². The van der Waals surface area contributed by atoms with E-state index in [0.29, 0.717) is 13.0 Å². The highest BCUT2D eigenvalue weighted by Crippen LogP contribution is 2.26. The number of nitrogens with zero attached hydrogens (tertiary/aromatic N) is 2. The minimum Gasteiger partial charge on any atom is -0.379 e. The molecule has 29 heavy (non-hydrogen) atoms. The van der Waals surface area contributed by atoms with E-state index in [1.807, 2.05) is 25.1 Å². The molecule has 6 heteroatoms. The molecule has 0 unspecified atom stereocenters. The second-order valence-corrected chi connectivity index (χ2v) is 8.46. The fourth-order valence-corrected chi connectivity index (χ4v) is 4.90. The number of amides is 1. The Morgan fingerprint density at radius 2 is 2.00 bits per heavy atom. The lowest BCUT2D eigenvalue weighted by Gasteiger charge is -2.34. The molecule has 3 aromatic rings. The van der Waals surface area contributed by atoms with Crippen LogP contribution in [0.4, 0.5) is 0 Å². The van der Waals surface area contributed by atoms with Gasteiger partial charge < -0.3 is 10.1 Å². The van der Waals surface area contributed by atoms with Crippen LogP contribution in [0.1, 0.15) is 27.7 Å². The molecule has 1 saturated heterocycles. The Labute approximate surface area is 175 Å². The van der Waals surface area contributed by atoms with Gasteiger partial charge in [-0.2, -0.15) is 0 Å². The molecule has 0 radical (unpaired) electrons. The van der Waals surface area contributed by atoms with Gasteiger partial charge in [0.25, 0.3) is 0 Å². The minimum atomic E-state index is 0.0445. The summed E-state index contributed by atoms with van der Waals surface area (Å²) in [7, 11) is 0. The average molecular weight is 410 g/mol. The van der Waals surface area contributed by atoms with Gasteiger partial charge in [0.1, 0.15) is 0 Å². The minimum absolute atomic E-state index is 0.0445. The van der Waals surface area contributed by atoms with Crippen LogP contribution in [0.3, 0.4) is 0 Å². The predicted molar refractivity (Wildman–Crippen MR) is 117 cm³/mol. The molecule has 0 bridgehead atoms. The first-order valence-electron chi connectivity index (χ1n) is 10.1. The molecule has 152 valence electrons. The molecule has 1 aliphatic rings. The quantitative estimate of drug-likeness (QED) is 0.675. The maximum absolute atomic E-state index is 12.8. The summed E-state index contributed by atoms with van der Waals surface area (Å²) in [6, 6.07) is 12.5. The smallest absolute Gasteiger partial charge is 0.224 e. The van der Waals surface area contributed by atoms with Crippen LogP contribution in [0, 0.1) is 13.8 Å². The summed E-state index contributed by atoms with van der Waals surface area (Å²) in [5, 5.41) is 6.39. The number of carbonyl (C=O) groups is 1. The van der Waals surface area contributed by atoms with Crippen LogP contribution in [0.15, 0.2) is 41.8 Å². The van der Waals surface area contributed by atoms with Crippen LogP contribution in [-0.2, 0) is 16.0 Å². The van der Waals surface area contributed by atoms with Crippen molar-refractivity contribution < 1.29 is 9.53 Å². The maximum atomic E-state index is 12.8. The molecule has 1 N–H and O–H groups in total. The topological polar surface area (TPSA) is 54.5 Å². The number of hydrogen-bond acceptors (Lipinski definition) is 5. The van der Waals surface area contributed by atoms with Gasteiger partial charge in [-0.05, 0) is 42.5 Å². The van der Waals surface area contributed by atoms with Crippen LogP contribution in [0.5, 0.6) is 0 Å². The van der Waals surface area contributed by atoms with Gasteiger partial charge in [0.2, 0.25) is 5.91 Å². The van der Waals surface area contributed by atoms with Crippen molar-refractivity contribution in [2.24, 2.45) is 0 Å². The van der Waals surface area contributed by atoms with E-state index in [4.69, 9.17) is 9.72 Å². The monoisotopic (exact) mass is 409 g/mol. The first-order valence-corrected chi connectivity index (χ1v) is 11.0. The third kappa shape index (κ3) is 4.50. The molecule has 0 aliphatic carbocycles. The number of pyridine rings is 1. The number of rotatable bonds is 6. The fourth-order valence-electron chi connectivity index (χ4n) is 4.04. The standard InChI is InChI=1S/C23H27N3O2S/c1-16-18-6-3-4-7-20(18)25-17(2)19(16)14-23(27)24-15-21(22-8-5-13-29-22)26-9-11-28-12-10-26/h3-8,13,21H,9-12,14-15H2,1-2H3,(H,24,27)/t21-/m0/s1. The fraction of sp³-hybridized carbons (Fsp3) is 0.391. The second kappa shape index (κ2) is 9.03. The van der Waals surface area contributed by atoms with Gasteiger partial charge in [-0.15, -0.1) is 11.3 Å². The number of nitrogens with one attached hydrogen (secondary N) is 1. The lowest BCUT2D eigenvalue weighted by atomic mass is 9.99. The number of aromatic nitrogens is 1. The first-order chi connectivity index (χ1) is 14.1. The molecule has 2 aromatic heterocycles. The van der Waals surface area contributed by atoms with Crippen LogP contribution in [0.25, 0.3) is 10.9 Å². The van der Waals surface area contributed by atoms with Crippen molar-refractivity contribution >= 4 is 28.1 Å². The summed E-state index contributed by atoms with van der Waals surface area (Å²) >= 11 is 1.74. The van der Waals surface area contributed by atoms with Crippen molar-refractivity contribution in [2.75, 3.05) is 32.8 Å². The van der Waals surface area contributed by atoms with Crippen LogP contribution >= 0.6 is 11.3 Å². The van der Waals surface area contributed by atoms with Crippen LogP contribution in [-0.4, -0.2) is 48.6 Å². The highest BCUT2D eigenvalue weighted by Gasteiger charge is 2.24. The van der Waals surface area contributed by atoms with Gasteiger partial charge in [-0.25, -0.2) is 0 Å². The number of thiophene rings is 1. The maximum Gasteiger partial charge on any atom is 0.224 e. The van der Waals surface area contributed by atoms with Crippen LogP contribution < -0.4 is 5.32 Å². The number of carbonyl (C=O) groups excluding carboxylic acids is 1. The number of aryl methyl sites for hydroxylation is 2. The van der Waals surface area contributed by atoms with Crippen molar-refractivity contribution in [2.45, 2.75) is 26.3 Å². The number of para-hydroxylation sites is 1. The zero-order valence-corrected chi connectivity index (χ0v) is 17.8. The molecular formula is C23H27N3O2S. The number of fused-ring (bicyclic) bond motifs is 1. The van der Waals surface area contributed by atoms with E-state index in [2.05, 4.69) is 40.7 Å². The Bertz CT molecular complexity index is 981. The van der Waals surface area contributed by atoms with E-state index in [9.17, 15) is 4.79 Å². The van der Waals surface area contributed by atoms with Crippen molar-refractivity contribution in [3.8, 4) is 0 Å². The van der Waals surface area contributed by atoms with Gasteiger partial charge in [-0.3, -0.25) is 14.7 Å². The molecule has 1 aromatic carbocycles. The number of morpholine rings is 1. The summed E-state index contributed by atoms with van der Waals surface area (Å²) in [5.41, 5.74) is 4.09. The van der Waals surface area contributed by atoms with Crippen molar-refractivity contribution in [3.05, 3.63) is 63.5 Å². The predicted octanol–water partition coefficient (Wildman–Crippen LogP) is 3.65. The molecule has 0 saturated carbocycles. The Balaban J connectivity index is 1.47. The molecule has 1 amide bonds. The van der Waals surface area contributed by atoms with Gasteiger partial charge in [0.15, 0.2) is 0 Å². The van der Waals surface area contributed by atoms with Gasteiger partial charge in [0, 0.05) is 35.6 Å². The number of hydrogen-bond donors (Lipinski definition) is 1. The highest BCUT2D eigenvalue weighted by molar-refractivity contribution is 7.10. The van der Waals surface area contributed by atoms with E-state index in [1.165, 1.54) is 4.88 Å². The molecule has 1 fully saturated rings. The molecule has 1 atom stereocenters. The summed E-state index contributed by atoms with van der Waals surface area (Å²) in [6.45, 7) is 7.97. The number of benzene rings is 1. The normalized spacial score (nSPS) is 16.1. The molecule has 1 aliphatic heterocycles. The highest BCUT2D eigenvalue weighted by atomic mass is 32.1. The largest absolute Gasteiger partial charge is 0.379 e. The van der Waals surface area contributed by atoms with Crippen LogP contribution in [0.2, 0.25) is 0 Å². The zero-order chi connectivity index (χ0) is 20.2. The third-order valence-corrected chi connectivity index (χ3v) is 6.65. The summed E-state index contributed by atoms with van der Waals surface area (Å²) < 4.78 is 5.50. The molecule has 3 heterocycles. The van der Waals surface area contributed by atoms with Gasteiger partial charge in [0.05, 0.1) is 31.2 Å². The van der Waals surface area contributed by atoms with Gasteiger partial charge in [-0.1, -0.05) is 24.3 Å². The van der Waals surface area contributed by atoms with E-state index in [0.717, 1.165) is 54.0 Å². The van der Waals surface area contributed by atoms with E-state index < -0.39 is 0 Å². The Morgan fingerprint density at radius 3 is 2.76 bits per heavy atom. The number of ether oxygens (including phenoxy) is 1. The molecule has 0 spiro atoms. The second-order valence-electron chi connectivity index (χ2n) is 7.48. The Morgan fingerprint density at radius 1 is 1.21 bits per heavy atom. The third-order valence-electron chi connectivity index (χ3n) is 5.67. The summed E-state index contributed by atoms with van der Waals surface area (Å²) in [4.78, 5) is 21.2. The van der Waals surface area contributed by atoms with Gasteiger partial charge >= 0.3 is 0 Å².